The summed E-state index contributed by atoms with van der Waals surface area (Å²) in [6, 6.07) is 10.4. The maximum atomic E-state index is 9.02. The summed E-state index contributed by atoms with van der Waals surface area (Å²) in [6.07, 6.45) is -0.0116. The Balaban J connectivity index is 0.00000128. The van der Waals surface area contributed by atoms with Gasteiger partial charge in [0.2, 0.25) is 0 Å². The topological polar surface area (TPSA) is 32.7 Å². The maximum Gasteiger partial charge on any atom is 0.0933 e. The molecular formula is C12H18ClNO2. The summed E-state index contributed by atoms with van der Waals surface area (Å²) in [6.45, 7) is 3.56. The number of benzene rings is 1. The third-order valence-corrected chi connectivity index (χ3v) is 2.68. The molecule has 1 aliphatic heterocycles. The molecular weight excluding hydrogens is 226 g/mol. The minimum atomic E-state index is -0.0116. The van der Waals surface area contributed by atoms with Crippen molar-refractivity contribution in [2.45, 2.75) is 12.6 Å². The van der Waals surface area contributed by atoms with Crippen molar-refractivity contribution in [3.63, 3.8) is 0 Å². The second kappa shape index (κ2) is 6.86. The molecule has 1 atom stereocenters. The van der Waals surface area contributed by atoms with E-state index in [1.54, 1.807) is 0 Å². The molecule has 3 nitrogen and oxygen atoms in total. The van der Waals surface area contributed by atoms with Crippen molar-refractivity contribution in [1.29, 1.82) is 0 Å². The molecule has 16 heavy (non-hydrogen) atoms. The largest absolute Gasteiger partial charge is 0.394 e. The molecule has 1 aromatic rings. The molecule has 1 aromatic carbocycles. The number of hydrogen-bond acceptors (Lipinski definition) is 3. The Hall–Kier alpha value is -0.610. The number of morpholine rings is 1. The smallest absolute Gasteiger partial charge is 0.0933 e. The molecule has 0 saturated carbocycles. The van der Waals surface area contributed by atoms with Crippen LogP contribution in [0.3, 0.4) is 0 Å². The van der Waals surface area contributed by atoms with E-state index in [1.165, 1.54) is 5.56 Å². The first-order valence-corrected chi connectivity index (χ1v) is 5.37. The van der Waals surface area contributed by atoms with Gasteiger partial charge < -0.3 is 9.84 Å². The molecule has 2 rings (SSSR count). The van der Waals surface area contributed by atoms with E-state index in [-0.39, 0.29) is 25.1 Å². The molecule has 0 radical (unpaired) electrons. The van der Waals surface area contributed by atoms with Gasteiger partial charge in [-0.1, -0.05) is 30.3 Å². The van der Waals surface area contributed by atoms with Crippen molar-refractivity contribution in [1.82, 2.24) is 4.90 Å². The van der Waals surface area contributed by atoms with E-state index in [2.05, 4.69) is 29.2 Å². The second-order valence-corrected chi connectivity index (χ2v) is 3.90. The van der Waals surface area contributed by atoms with Gasteiger partial charge in [0.15, 0.2) is 0 Å². The van der Waals surface area contributed by atoms with Crippen LogP contribution in [0.1, 0.15) is 5.56 Å². The molecule has 4 heteroatoms. The number of aliphatic hydroxyl groups is 1. The van der Waals surface area contributed by atoms with E-state index in [9.17, 15) is 0 Å². The number of halogens is 1. The van der Waals surface area contributed by atoms with E-state index in [4.69, 9.17) is 9.84 Å². The summed E-state index contributed by atoms with van der Waals surface area (Å²) >= 11 is 0. The van der Waals surface area contributed by atoms with E-state index < -0.39 is 0 Å². The Bertz CT molecular complexity index is 294. The van der Waals surface area contributed by atoms with Crippen molar-refractivity contribution in [2.75, 3.05) is 26.3 Å². The normalized spacial score (nSPS) is 21.4. The van der Waals surface area contributed by atoms with Gasteiger partial charge in [-0.05, 0) is 5.56 Å². The molecule has 1 heterocycles. The predicted octanol–water partition coefficient (Wildman–Crippen LogP) is 1.30. The highest BCUT2D eigenvalue weighted by atomic mass is 35.5. The number of ether oxygens (including phenoxy) is 1. The fourth-order valence-electron chi connectivity index (χ4n) is 1.88. The molecule has 1 N–H and O–H groups in total. The first kappa shape index (κ1) is 13.5. The Morgan fingerprint density at radius 1 is 1.31 bits per heavy atom. The van der Waals surface area contributed by atoms with Crippen LogP contribution < -0.4 is 0 Å². The number of aliphatic hydroxyl groups excluding tert-OH is 1. The van der Waals surface area contributed by atoms with Crippen LogP contribution in [-0.4, -0.2) is 42.4 Å². The molecule has 1 fully saturated rings. The average molecular weight is 244 g/mol. The van der Waals surface area contributed by atoms with Crippen LogP contribution in [0.4, 0.5) is 0 Å². The van der Waals surface area contributed by atoms with Crippen molar-refractivity contribution in [3.05, 3.63) is 35.9 Å². The van der Waals surface area contributed by atoms with Crippen molar-refractivity contribution in [3.8, 4) is 0 Å². The molecule has 0 amide bonds. The van der Waals surface area contributed by atoms with Crippen molar-refractivity contribution in [2.24, 2.45) is 0 Å². The van der Waals surface area contributed by atoms with Gasteiger partial charge in [0, 0.05) is 19.6 Å². The number of rotatable bonds is 3. The van der Waals surface area contributed by atoms with E-state index >= 15 is 0 Å². The Morgan fingerprint density at radius 2 is 2.06 bits per heavy atom. The fraction of sp³-hybridized carbons (Fsp3) is 0.500. The predicted molar refractivity (Wildman–Crippen MR) is 65.8 cm³/mol. The minimum absolute atomic E-state index is 0. The van der Waals surface area contributed by atoms with Crippen LogP contribution in [0.25, 0.3) is 0 Å². The van der Waals surface area contributed by atoms with Crippen LogP contribution in [-0.2, 0) is 11.3 Å². The quantitative estimate of drug-likeness (QED) is 0.869. The summed E-state index contributed by atoms with van der Waals surface area (Å²) in [4.78, 5) is 2.32. The lowest BCUT2D eigenvalue weighted by Crippen LogP contribution is -2.43. The lowest BCUT2D eigenvalue weighted by Gasteiger charge is -2.31. The van der Waals surface area contributed by atoms with E-state index in [0.29, 0.717) is 0 Å². The van der Waals surface area contributed by atoms with Crippen LogP contribution in [0.2, 0.25) is 0 Å². The highest BCUT2D eigenvalue weighted by Gasteiger charge is 2.19. The van der Waals surface area contributed by atoms with Gasteiger partial charge in [-0.3, -0.25) is 4.90 Å². The zero-order valence-corrected chi connectivity index (χ0v) is 10.0. The minimum Gasteiger partial charge on any atom is -0.394 e. The average Bonchev–Trinajstić information content (AvgIpc) is 2.31. The first-order chi connectivity index (χ1) is 7.38. The van der Waals surface area contributed by atoms with Crippen molar-refractivity contribution < 1.29 is 9.84 Å². The fourth-order valence-corrected chi connectivity index (χ4v) is 1.88. The molecule has 0 spiro atoms. The second-order valence-electron chi connectivity index (χ2n) is 3.90. The molecule has 0 aromatic heterocycles. The van der Waals surface area contributed by atoms with Gasteiger partial charge in [-0.25, -0.2) is 0 Å². The zero-order chi connectivity index (χ0) is 10.5. The van der Waals surface area contributed by atoms with Crippen molar-refractivity contribution >= 4 is 12.4 Å². The van der Waals surface area contributed by atoms with Crippen LogP contribution in [0.15, 0.2) is 30.3 Å². The first-order valence-electron chi connectivity index (χ1n) is 5.37. The summed E-state index contributed by atoms with van der Waals surface area (Å²) in [5, 5.41) is 9.02. The lowest BCUT2D eigenvalue weighted by molar-refractivity contribution is -0.0551. The van der Waals surface area contributed by atoms with Gasteiger partial charge in [0.25, 0.3) is 0 Å². The summed E-state index contributed by atoms with van der Waals surface area (Å²) in [5.41, 5.74) is 1.32. The summed E-state index contributed by atoms with van der Waals surface area (Å²) in [7, 11) is 0. The third-order valence-electron chi connectivity index (χ3n) is 2.68. The van der Waals surface area contributed by atoms with E-state index in [1.807, 2.05) is 6.07 Å². The van der Waals surface area contributed by atoms with Crippen LogP contribution in [0.5, 0.6) is 0 Å². The standard InChI is InChI=1S/C12H17NO2.ClH/c14-10-12-9-13(6-7-15-12)8-11-4-2-1-3-5-11;/h1-5,12,14H,6-10H2;1H/t12-;/m0./s1. The Morgan fingerprint density at radius 3 is 2.75 bits per heavy atom. The summed E-state index contributed by atoms with van der Waals surface area (Å²) < 4.78 is 5.40. The Kier molecular flexibility index (Phi) is 5.77. The van der Waals surface area contributed by atoms with E-state index in [0.717, 1.165) is 26.2 Å². The highest BCUT2D eigenvalue weighted by Crippen LogP contribution is 2.09. The number of nitrogens with zero attached hydrogens (tertiary/aromatic N) is 1. The molecule has 0 unspecified atom stereocenters. The molecule has 0 bridgehead atoms. The van der Waals surface area contributed by atoms with Gasteiger partial charge in [0.05, 0.1) is 19.3 Å². The summed E-state index contributed by atoms with van der Waals surface area (Å²) in [5.74, 6) is 0. The third kappa shape index (κ3) is 3.76. The number of hydrogen-bond donors (Lipinski definition) is 1. The lowest BCUT2D eigenvalue weighted by atomic mass is 10.2. The zero-order valence-electron chi connectivity index (χ0n) is 9.21. The highest BCUT2D eigenvalue weighted by molar-refractivity contribution is 5.85. The maximum absolute atomic E-state index is 9.02. The van der Waals surface area contributed by atoms with Gasteiger partial charge in [0.1, 0.15) is 0 Å². The van der Waals surface area contributed by atoms with Gasteiger partial charge in [-0.15, -0.1) is 12.4 Å². The Labute approximate surface area is 102 Å². The van der Waals surface area contributed by atoms with Gasteiger partial charge >= 0.3 is 0 Å². The molecule has 1 saturated heterocycles. The molecule has 0 aliphatic carbocycles. The molecule has 1 aliphatic rings. The molecule has 90 valence electrons. The van der Waals surface area contributed by atoms with Crippen LogP contribution in [0, 0.1) is 0 Å². The SMILES string of the molecule is Cl.OC[C@@H]1CN(Cc2ccccc2)CCO1. The van der Waals surface area contributed by atoms with Gasteiger partial charge in [-0.2, -0.15) is 0 Å². The monoisotopic (exact) mass is 243 g/mol. The van der Waals surface area contributed by atoms with Crippen LogP contribution >= 0.6 is 12.4 Å².